The summed E-state index contributed by atoms with van der Waals surface area (Å²) in [6.45, 7) is 3.98. The molecule has 5 rings (SSSR count). The van der Waals surface area contributed by atoms with Crippen molar-refractivity contribution in [3.05, 3.63) is 74.2 Å². The highest BCUT2D eigenvalue weighted by Gasteiger charge is 2.36. The number of H-pyrrole nitrogens is 1. The van der Waals surface area contributed by atoms with Gasteiger partial charge in [-0.1, -0.05) is 41.4 Å². The van der Waals surface area contributed by atoms with Crippen LogP contribution in [0.2, 0.25) is 10.0 Å². The molecule has 0 spiro atoms. The average molecular weight is 546 g/mol. The number of para-hydroxylation sites is 2. The van der Waals surface area contributed by atoms with Gasteiger partial charge in [0.25, 0.3) is 5.91 Å². The summed E-state index contributed by atoms with van der Waals surface area (Å²) in [5, 5.41) is 7.07. The highest BCUT2D eigenvalue weighted by Crippen LogP contribution is 2.43. The molecular formula is C24H19BrCl2N4O2. The topological polar surface area (TPSA) is 79.0 Å². The number of carbonyl (C=O) groups is 1. The first-order valence-corrected chi connectivity index (χ1v) is 11.8. The van der Waals surface area contributed by atoms with Crippen LogP contribution in [-0.2, 0) is 6.42 Å². The average Bonchev–Trinajstić information content (AvgIpc) is 3.31. The molecule has 3 N–H and O–H groups in total. The molecule has 1 amide bonds. The van der Waals surface area contributed by atoms with Gasteiger partial charge in [0.15, 0.2) is 0 Å². The molecule has 0 atom stereocenters. The van der Waals surface area contributed by atoms with Crippen LogP contribution in [0.25, 0.3) is 11.0 Å². The molecule has 168 valence electrons. The Morgan fingerprint density at radius 2 is 1.88 bits per heavy atom. The molecule has 0 saturated carbocycles. The van der Waals surface area contributed by atoms with E-state index in [4.69, 9.17) is 32.9 Å². The molecule has 0 radical (unpaired) electrons. The summed E-state index contributed by atoms with van der Waals surface area (Å²) in [7, 11) is 0. The summed E-state index contributed by atoms with van der Waals surface area (Å²) in [6, 6.07) is 14.5. The van der Waals surface area contributed by atoms with E-state index in [2.05, 4.69) is 31.5 Å². The lowest BCUT2D eigenvalue weighted by molar-refractivity contribution is 0.101. The van der Waals surface area contributed by atoms with Crippen molar-refractivity contribution >= 4 is 73.4 Å². The van der Waals surface area contributed by atoms with Crippen molar-refractivity contribution in [2.45, 2.75) is 25.9 Å². The Morgan fingerprint density at radius 3 is 2.61 bits per heavy atom. The van der Waals surface area contributed by atoms with Crippen LogP contribution in [0.15, 0.2) is 53.0 Å². The van der Waals surface area contributed by atoms with Crippen molar-refractivity contribution in [1.29, 1.82) is 0 Å². The third kappa shape index (κ3) is 4.16. The monoisotopic (exact) mass is 544 g/mol. The molecule has 1 aliphatic rings. The summed E-state index contributed by atoms with van der Waals surface area (Å²) >= 11 is 16.1. The first-order chi connectivity index (χ1) is 15.7. The van der Waals surface area contributed by atoms with Gasteiger partial charge in [-0.05, 0) is 60.1 Å². The number of aromatic amines is 1. The Morgan fingerprint density at radius 1 is 1.15 bits per heavy atom. The lowest BCUT2D eigenvalue weighted by atomic mass is 9.98. The predicted molar refractivity (Wildman–Crippen MR) is 136 cm³/mol. The fourth-order valence-corrected chi connectivity index (χ4v) is 4.81. The summed E-state index contributed by atoms with van der Waals surface area (Å²) in [4.78, 5) is 21.2. The van der Waals surface area contributed by atoms with Gasteiger partial charge in [-0.25, -0.2) is 4.98 Å². The Balaban J connectivity index is 1.58. The van der Waals surface area contributed by atoms with E-state index in [1.54, 1.807) is 24.3 Å². The SMILES string of the molecule is CC1(C)Cc2c(c(C(=O)Nc3ccccc3Br)cc3[nH]c(Nc4c(Cl)cccc4Cl)nc23)O1. The van der Waals surface area contributed by atoms with Crippen molar-refractivity contribution in [2.24, 2.45) is 0 Å². The quantitative estimate of drug-likeness (QED) is 0.250. The number of nitrogens with one attached hydrogen (secondary N) is 3. The van der Waals surface area contributed by atoms with E-state index >= 15 is 0 Å². The maximum absolute atomic E-state index is 13.3. The molecule has 33 heavy (non-hydrogen) atoms. The smallest absolute Gasteiger partial charge is 0.259 e. The van der Waals surface area contributed by atoms with Crippen LogP contribution in [0.4, 0.5) is 17.3 Å². The summed E-state index contributed by atoms with van der Waals surface area (Å²) in [5.41, 5.74) is 3.53. The van der Waals surface area contributed by atoms with Gasteiger partial charge in [-0.2, -0.15) is 0 Å². The number of hydrogen-bond donors (Lipinski definition) is 3. The van der Waals surface area contributed by atoms with Crippen LogP contribution < -0.4 is 15.4 Å². The number of amides is 1. The number of imidazole rings is 1. The first-order valence-electron chi connectivity index (χ1n) is 10.2. The molecule has 0 unspecified atom stereocenters. The summed E-state index contributed by atoms with van der Waals surface area (Å²) in [5.74, 6) is 0.747. The molecule has 9 heteroatoms. The molecule has 0 bridgehead atoms. The summed E-state index contributed by atoms with van der Waals surface area (Å²) in [6.07, 6.45) is 0.617. The Labute approximate surface area is 208 Å². The minimum Gasteiger partial charge on any atom is -0.486 e. The standard InChI is InChI=1S/C24H19BrCl2N4O2/c1-24(2)11-13-19-18(29-23(30-19)31-20-15(26)7-5-8-16(20)27)10-12(21(13)33-24)22(32)28-17-9-4-3-6-14(17)25/h3-10H,11H2,1-2H3,(H,28,32)(H2,29,30,31). The number of fused-ring (bicyclic) bond motifs is 3. The van der Waals surface area contributed by atoms with Gasteiger partial charge in [-0.15, -0.1) is 0 Å². The molecular weight excluding hydrogens is 527 g/mol. The van der Waals surface area contributed by atoms with Crippen molar-refractivity contribution < 1.29 is 9.53 Å². The molecule has 0 aliphatic carbocycles. The Kier molecular flexibility index (Phi) is 5.51. The molecule has 6 nitrogen and oxygen atoms in total. The zero-order chi connectivity index (χ0) is 23.3. The number of rotatable bonds is 4. The Bertz CT molecular complexity index is 1400. The highest BCUT2D eigenvalue weighted by atomic mass is 79.9. The van der Waals surface area contributed by atoms with Gasteiger partial charge in [-0.3, -0.25) is 4.79 Å². The van der Waals surface area contributed by atoms with Crippen LogP contribution >= 0.6 is 39.1 Å². The molecule has 0 fully saturated rings. The van der Waals surface area contributed by atoms with Crippen molar-refractivity contribution in [1.82, 2.24) is 9.97 Å². The lowest BCUT2D eigenvalue weighted by Gasteiger charge is -2.18. The predicted octanol–water partition coefficient (Wildman–Crippen LogP) is 7.34. The number of carbonyl (C=O) groups excluding carboxylic acids is 1. The van der Waals surface area contributed by atoms with Crippen LogP contribution in [-0.4, -0.2) is 21.5 Å². The fourth-order valence-electron chi connectivity index (χ4n) is 3.94. The van der Waals surface area contributed by atoms with Crippen LogP contribution in [0, 0.1) is 0 Å². The van der Waals surface area contributed by atoms with Crippen molar-refractivity contribution in [3.63, 3.8) is 0 Å². The van der Waals surface area contributed by atoms with E-state index < -0.39 is 5.60 Å². The molecule has 1 aromatic heterocycles. The number of halogens is 3. The van der Waals surface area contributed by atoms with Gasteiger partial charge in [0.2, 0.25) is 5.95 Å². The lowest BCUT2D eigenvalue weighted by Crippen LogP contribution is -2.25. The Hall–Kier alpha value is -2.74. The largest absolute Gasteiger partial charge is 0.486 e. The van der Waals surface area contributed by atoms with E-state index in [-0.39, 0.29) is 5.91 Å². The summed E-state index contributed by atoms with van der Waals surface area (Å²) < 4.78 is 6.99. The van der Waals surface area contributed by atoms with Crippen molar-refractivity contribution in [3.8, 4) is 5.75 Å². The van der Waals surface area contributed by atoms with Gasteiger partial charge >= 0.3 is 0 Å². The number of aromatic nitrogens is 2. The second-order valence-corrected chi connectivity index (χ2v) is 10.1. The minimum atomic E-state index is -0.461. The van der Waals surface area contributed by atoms with Crippen LogP contribution in [0.1, 0.15) is 29.8 Å². The minimum absolute atomic E-state index is 0.268. The zero-order valence-corrected chi connectivity index (χ0v) is 20.8. The maximum Gasteiger partial charge on any atom is 0.259 e. The highest BCUT2D eigenvalue weighted by molar-refractivity contribution is 9.10. The third-order valence-corrected chi connectivity index (χ3v) is 6.70. The number of hydrogen-bond acceptors (Lipinski definition) is 4. The zero-order valence-electron chi connectivity index (χ0n) is 17.7. The van der Waals surface area contributed by atoms with E-state index in [1.165, 1.54) is 0 Å². The van der Waals surface area contributed by atoms with E-state index in [0.29, 0.717) is 50.6 Å². The number of benzene rings is 3. The van der Waals surface area contributed by atoms with Crippen molar-refractivity contribution in [2.75, 3.05) is 10.6 Å². The fraction of sp³-hybridized carbons (Fsp3) is 0.167. The van der Waals surface area contributed by atoms with Gasteiger partial charge < -0.3 is 20.4 Å². The van der Waals surface area contributed by atoms with E-state index in [9.17, 15) is 4.79 Å². The third-order valence-electron chi connectivity index (χ3n) is 5.38. The van der Waals surface area contributed by atoms with Crippen LogP contribution in [0.3, 0.4) is 0 Å². The number of anilines is 3. The number of ether oxygens (including phenoxy) is 1. The van der Waals surface area contributed by atoms with Gasteiger partial charge in [0, 0.05) is 16.5 Å². The molecule has 4 aromatic rings. The first kappa shape index (κ1) is 22.1. The number of nitrogens with zero attached hydrogens (tertiary/aromatic N) is 1. The van der Waals surface area contributed by atoms with Gasteiger partial charge in [0.05, 0.1) is 38.0 Å². The molecule has 1 aliphatic heterocycles. The van der Waals surface area contributed by atoms with Crippen LogP contribution in [0.5, 0.6) is 5.75 Å². The maximum atomic E-state index is 13.3. The van der Waals surface area contributed by atoms with E-state index in [0.717, 1.165) is 15.6 Å². The molecule has 3 aromatic carbocycles. The van der Waals surface area contributed by atoms with Gasteiger partial charge in [0.1, 0.15) is 11.4 Å². The molecule has 0 saturated heterocycles. The second-order valence-electron chi connectivity index (χ2n) is 8.41. The molecule has 2 heterocycles. The normalized spacial score (nSPS) is 14.1. The van der Waals surface area contributed by atoms with E-state index in [1.807, 2.05) is 38.1 Å². The second kappa shape index (κ2) is 8.24.